The maximum Gasteiger partial charge on any atom is 0.314 e. The van der Waals surface area contributed by atoms with Crippen molar-refractivity contribution < 1.29 is 4.79 Å². The molecule has 2 amide bonds. The Bertz CT molecular complexity index is 379. The van der Waals surface area contributed by atoms with Crippen LogP contribution in [-0.2, 0) is 6.42 Å². The molecule has 0 saturated carbocycles. The first-order chi connectivity index (χ1) is 7.97. The molecule has 5 nitrogen and oxygen atoms in total. The number of hydrogen-bond donors (Lipinski definition) is 4. The summed E-state index contributed by atoms with van der Waals surface area (Å²) < 4.78 is 0. The van der Waals surface area contributed by atoms with Crippen LogP contribution in [0.5, 0.6) is 0 Å². The monoisotopic (exact) mass is 236 g/mol. The standard InChI is InChI=1S/C12H20N4O/c1-8(2)6-9-4-3-5-10(7-9)15-11(13)16-12(14)17/h3-5,7-8,11,15H,6,13H2,1-2H3,(H3,14,16,17). The minimum Gasteiger partial charge on any atom is -0.353 e. The highest BCUT2D eigenvalue weighted by Crippen LogP contribution is 2.14. The molecule has 1 unspecified atom stereocenters. The number of nitrogens with two attached hydrogens (primary N) is 2. The van der Waals surface area contributed by atoms with Gasteiger partial charge in [0, 0.05) is 5.69 Å². The lowest BCUT2D eigenvalue weighted by Gasteiger charge is -2.16. The van der Waals surface area contributed by atoms with Crippen LogP contribution < -0.4 is 22.1 Å². The minimum atomic E-state index is -0.679. The summed E-state index contributed by atoms with van der Waals surface area (Å²) in [6.45, 7) is 4.33. The topological polar surface area (TPSA) is 93.2 Å². The molecule has 0 aliphatic carbocycles. The lowest BCUT2D eigenvalue weighted by molar-refractivity contribution is 0.246. The van der Waals surface area contributed by atoms with Gasteiger partial charge in [0.15, 0.2) is 6.29 Å². The SMILES string of the molecule is CC(C)Cc1cccc(NC(N)NC(N)=O)c1. The quantitative estimate of drug-likeness (QED) is 0.579. The largest absolute Gasteiger partial charge is 0.353 e. The molecule has 0 spiro atoms. The van der Waals surface area contributed by atoms with Gasteiger partial charge >= 0.3 is 6.03 Å². The van der Waals surface area contributed by atoms with E-state index in [-0.39, 0.29) is 0 Å². The minimum absolute atomic E-state index is 0.600. The van der Waals surface area contributed by atoms with Crippen molar-refractivity contribution in [3.8, 4) is 0 Å². The molecule has 0 bridgehead atoms. The number of anilines is 1. The molecule has 0 radical (unpaired) electrons. The first-order valence-corrected chi connectivity index (χ1v) is 5.64. The predicted molar refractivity (Wildman–Crippen MR) is 69.3 cm³/mol. The molecule has 1 aromatic rings. The molecule has 6 N–H and O–H groups in total. The number of carbonyl (C=O) groups excluding carboxylic acids is 1. The number of urea groups is 1. The summed E-state index contributed by atoms with van der Waals surface area (Å²) in [5.41, 5.74) is 12.7. The van der Waals surface area contributed by atoms with Crippen LogP contribution in [0.15, 0.2) is 24.3 Å². The Labute approximate surface area is 102 Å². The van der Waals surface area contributed by atoms with E-state index in [0.717, 1.165) is 12.1 Å². The van der Waals surface area contributed by atoms with Crippen LogP contribution in [0.4, 0.5) is 10.5 Å². The second-order valence-corrected chi connectivity index (χ2v) is 4.43. The third kappa shape index (κ3) is 5.21. The zero-order chi connectivity index (χ0) is 12.8. The molecule has 94 valence electrons. The molecule has 1 rings (SSSR count). The van der Waals surface area contributed by atoms with Crippen LogP contribution in [0.1, 0.15) is 19.4 Å². The molecule has 5 heteroatoms. The number of rotatable bonds is 5. The van der Waals surface area contributed by atoms with Crippen LogP contribution in [0.3, 0.4) is 0 Å². The van der Waals surface area contributed by atoms with Crippen LogP contribution >= 0.6 is 0 Å². The molecule has 0 fully saturated rings. The van der Waals surface area contributed by atoms with Gasteiger partial charge in [0.1, 0.15) is 0 Å². The van der Waals surface area contributed by atoms with E-state index in [1.54, 1.807) is 0 Å². The first kappa shape index (κ1) is 13.3. The molecule has 0 aliphatic rings. The van der Waals surface area contributed by atoms with Crippen molar-refractivity contribution in [1.29, 1.82) is 0 Å². The van der Waals surface area contributed by atoms with Gasteiger partial charge < -0.3 is 16.4 Å². The van der Waals surface area contributed by atoms with Gasteiger partial charge in [-0.2, -0.15) is 0 Å². The zero-order valence-corrected chi connectivity index (χ0v) is 10.2. The van der Waals surface area contributed by atoms with Crippen molar-refractivity contribution in [3.05, 3.63) is 29.8 Å². The van der Waals surface area contributed by atoms with Crippen LogP contribution in [-0.4, -0.2) is 12.3 Å². The second-order valence-electron chi connectivity index (χ2n) is 4.43. The van der Waals surface area contributed by atoms with Gasteiger partial charge in [-0.3, -0.25) is 5.73 Å². The highest BCUT2D eigenvalue weighted by molar-refractivity contribution is 5.72. The lowest BCUT2D eigenvalue weighted by Crippen LogP contribution is -2.49. The highest BCUT2D eigenvalue weighted by Gasteiger charge is 2.04. The summed E-state index contributed by atoms with van der Waals surface area (Å²) in [4.78, 5) is 10.6. The second kappa shape index (κ2) is 6.10. The fourth-order valence-electron chi connectivity index (χ4n) is 1.63. The lowest BCUT2D eigenvalue weighted by atomic mass is 10.0. The van der Waals surface area contributed by atoms with Crippen molar-refractivity contribution in [1.82, 2.24) is 5.32 Å². The fourth-order valence-corrected chi connectivity index (χ4v) is 1.63. The van der Waals surface area contributed by atoms with Gasteiger partial charge in [0.2, 0.25) is 0 Å². The Morgan fingerprint density at radius 2 is 2.12 bits per heavy atom. The van der Waals surface area contributed by atoms with Crippen molar-refractivity contribution in [2.75, 3.05) is 5.32 Å². The van der Waals surface area contributed by atoms with Gasteiger partial charge in [-0.05, 0) is 30.0 Å². The highest BCUT2D eigenvalue weighted by atomic mass is 16.2. The number of amides is 2. The van der Waals surface area contributed by atoms with Gasteiger partial charge in [-0.1, -0.05) is 26.0 Å². The molecule has 17 heavy (non-hydrogen) atoms. The third-order valence-corrected chi connectivity index (χ3v) is 2.19. The van der Waals surface area contributed by atoms with E-state index >= 15 is 0 Å². The van der Waals surface area contributed by atoms with Crippen molar-refractivity contribution in [2.45, 2.75) is 26.6 Å². The van der Waals surface area contributed by atoms with Gasteiger partial charge in [0.25, 0.3) is 0 Å². The number of hydrogen-bond acceptors (Lipinski definition) is 3. The Hall–Kier alpha value is -1.75. The number of carbonyl (C=O) groups is 1. The van der Waals surface area contributed by atoms with Crippen LogP contribution in [0, 0.1) is 5.92 Å². The van der Waals surface area contributed by atoms with E-state index in [1.165, 1.54) is 5.56 Å². The van der Waals surface area contributed by atoms with Crippen LogP contribution in [0.2, 0.25) is 0 Å². The van der Waals surface area contributed by atoms with E-state index in [2.05, 4.69) is 30.5 Å². The normalized spacial score (nSPS) is 12.2. The Balaban J connectivity index is 2.62. The van der Waals surface area contributed by atoms with Crippen LogP contribution in [0.25, 0.3) is 0 Å². The number of nitrogens with one attached hydrogen (secondary N) is 2. The molecule has 1 aromatic carbocycles. The maximum absolute atomic E-state index is 10.6. The summed E-state index contributed by atoms with van der Waals surface area (Å²) in [6.07, 6.45) is 0.329. The summed E-state index contributed by atoms with van der Waals surface area (Å²) in [5, 5.41) is 5.31. The van der Waals surface area contributed by atoms with Gasteiger partial charge in [0.05, 0.1) is 0 Å². The van der Waals surface area contributed by atoms with E-state index in [9.17, 15) is 4.79 Å². The molecule has 0 aromatic heterocycles. The molecular weight excluding hydrogens is 216 g/mol. The predicted octanol–water partition coefficient (Wildman–Crippen LogP) is 1.21. The Morgan fingerprint density at radius 1 is 1.41 bits per heavy atom. The smallest absolute Gasteiger partial charge is 0.314 e. The van der Waals surface area contributed by atoms with Gasteiger partial charge in [-0.25, -0.2) is 4.79 Å². The van der Waals surface area contributed by atoms with Crippen molar-refractivity contribution in [3.63, 3.8) is 0 Å². The molecule has 0 saturated heterocycles. The van der Waals surface area contributed by atoms with Crippen molar-refractivity contribution in [2.24, 2.45) is 17.4 Å². The average Bonchev–Trinajstić information content (AvgIpc) is 2.14. The Kier molecular flexibility index (Phi) is 4.78. The van der Waals surface area contributed by atoms with Crippen molar-refractivity contribution >= 4 is 11.7 Å². The van der Waals surface area contributed by atoms with E-state index in [0.29, 0.717) is 5.92 Å². The first-order valence-electron chi connectivity index (χ1n) is 5.64. The van der Waals surface area contributed by atoms with E-state index in [4.69, 9.17) is 11.5 Å². The number of benzene rings is 1. The summed E-state index contributed by atoms with van der Waals surface area (Å²) >= 11 is 0. The third-order valence-electron chi connectivity index (χ3n) is 2.19. The fraction of sp³-hybridized carbons (Fsp3) is 0.417. The van der Waals surface area contributed by atoms with E-state index in [1.807, 2.05) is 18.2 Å². The molecule has 1 atom stereocenters. The summed E-state index contributed by atoms with van der Waals surface area (Å²) in [7, 11) is 0. The zero-order valence-electron chi connectivity index (χ0n) is 10.2. The van der Waals surface area contributed by atoms with Gasteiger partial charge in [-0.15, -0.1) is 0 Å². The summed E-state index contributed by atoms with van der Waals surface area (Å²) in [5.74, 6) is 0.600. The Morgan fingerprint density at radius 3 is 2.71 bits per heavy atom. The molecular formula is C12H20N4O. The number of primary amides is 1. The molecule has 0 heterocycles. The molecule has 0 aliphatic heterocycles. The van der Waals surface area contributed by atoms with E-state index < -0.39 is 12.3 Å². The summed E-state index contributed by atoms with van der Waals surface area (Å²) in [6, 6.07) is 7.28. The average molecular weight is 236 g/mol. The maximum atomic E-state index is 10.6.